The van der Waals surface area contributed by atoms with E-state index in [1.165, 1.54) is 64.2 Å². The minimum atomic E-state index is 0.545. The fourth-order valence-corrected chi connectivity index (χ4v) is 8.61. The molecule has 0 radical (unpaired) electrons. The van der Waals surface area contributed by atoms with Gasteiger partial charge in [-0.1, -0.05) is 25.5 Å². The Labute approximate surface area is 162 Å². The quantitative estimate of drug-likeness (QED) is 0.491. The van der Waals surface area contributed by atoms with Crippen molar-refractivity contribution in [3.8, 4) is 0 Å². The van der Waals surface area contributed by atoms with Crippen LogP contribution in [0.15, 0.2) is 11.6 Å². The molecule has 4 fully saturated rings. The summed E-state index contributed by atoms with van der Waals surface area (Å²) in [5.74, 6) is 4.85. The first-order chi connectivity index (χ1) is 12.6. The van der Waals surface area contributed by atoms with Crippen molar-refractivity contribution in [1.82, 2.24) is 0 Å². The number of fused-ring (bicyclic) bond motifs is 5. The second-order valence-electron chi connectivity index (χ2n) is 10.3. The molecule has 0 N–H and O–H groups in total. The van der Waals surface area contributed by atoms with Gasteiger partial charge in [0.2, 0.25) is 0 Å². The third-order valence-electron chi connectivity index (χ3n) is 9.89. The van der Waals surface area contributed by atoms with E-state index in [2.05, 4.69) is 33.8 Å². The molecule has 148 valence electrons. The van der Waals surface area contributed by atoms with Crippen molar-refractivity contribution in [2.45, 2.75) is 91.9 Å². The highest BCUT2D eigenvalue weighted by Crippen LogP contribution is 2.68. The molecule has 0 heterocycles. The zero-order valence-electron chi connectivity index (χ0n) is 17.9. The molecule has 1 nitrogen and oxygen atoms in total. The Balaban J connectivity index is 1.55. The summed E-state index contributed by atoms with van der Waals surface area (Å²) >= 11 is 0. The molecule has 7 atom stereocenters. The molecule has 26 heavy (non-hydrogen) atoms. The molecule has 4 saturated carbocycles. The van der Waals surface area contributed by atoms with Crippen LogP contribution in [0.3, 0.4) is 0 Å². The van der Waals surface area contributed by atoms with E-state index in [9.17, 15) is 0 Å². The molecule has 0 aromatic rings. The van der Waals surface area contributed by atoms with Crippen LogP contribution in [0.25, 0.3) is 0 Å². The summed E-state index contributed by atoms with van der Waals surface area (Å²) in [6.07, 6.45) is 17.2. The highest BCUT2D eigenvalue weighted by atomic mass is 16.5. The summed E-state index contributed by atoms with van der Waals surface area (Å²) in [4.78, 5) is 0. The van der Waals surface area contributed by atoms with Crippen LogP contribution in [0.2, 0.25) is 0 Å². The fraction of sp³-hybridized carbons (Fsp3) is 0.920. The number of hydrogen-bond acceptors (Lipinski definition) is 1. The van der Waals surface area contributed by atoms with Gasteiger partial charge in [0.25, 0.3) is 0 Å². The lowest BCUT2D eigenvalue weighted by Crippen LogP contribution is -2.54. The van der Waals surface area contributed by atoms with E-state index in [-0.39, 0.29) is 0 Å². The van der Waals surface area contributed by atoms with E-state index < -0.39 is 0 Å². The number of hydrogen-bond donors (Lipinski definition) is 0. The number of ether oxygens (including phenoxy) is 1. The van der Waals surface area contributed by atoms with Crippen molar-refractivity contribution in [2.75, 3.05) is 13.2 Å². The molecule has 2 unspecified atom stereocenters. The molecular weight excluding hydrogens is 316 g/mol. The lowest BCUT2D eigenvalue weighted by atomic mass is 9.43. The Morgan fingerprint density at radius 2 is 1.88 bits per heavy atom. The molecule has 0 aliphatic heterocycles. The predicted octanol–water partition coefficient (Wildman–Crippen LogP) is 7.02. The maximum Gasteiger partial charge on any atom is 0.0494 e. The van der Waals surface area contributed by atoms with Gasteiger partial charge in [-0.25, -0.2) is 0 Å². The van der Waals surface area contributed by atoms with Crippen LogP contribution < -0.4 is 0 Å². The van der Waals surface area contributed by atoms with E-state index in [4.69, 9.17) is 4.74 Å². The van der Waals surface area contributed by atoms with E-state index in [1.54, 1.807) is 5.57 Å². The van der Waals surface area contributed by atoms with Gasteiger partial charge in [0, 0.05) is 13.2 Å². The molecule has 4 aliphatic rings. The van der Waals surface area contributed by atoms with Crippen LogP contribution in [0.4, 0.5) is 0 Å². The summed E-state index contributed by atoms with van der Waals surface area (Å²) in [5.41, 5.74) is 3.02. The van der Waals surface area contributed by atoms with Crippen LogP contribution >= 0.6 is 0 Å². The first-order valence-corrected chi connectivity index (χ1v) is 11.8. The maximum absolute atomic E-state index is 5.81. The van der Waals surface area contributed by atoms with Gasteiger partial charge in [0.1, 0.15) is 0 Å². The fourth-order valence-electron chi connectivity index (χ4n) is 8.61. The van der Waals surface area contributed by atoms with E-state index >= 15 is 0 Å². The Hall–Kier alpha value is -0.300. The van der Waals surface area contributed by atoms with Gasteiger partial charge in [0.15, 0.2) is 0 Å². The smallest absolute Gasteiger partial charge is 0.0494 e. The van der Waals surface area contributed by atoms with E-state index in [1.807, 2.05) is 0 Å². The van der Waals surface area contributed by atoms with Crippen molar-refractivity contribution < 1.29 is 4.74 Å². The van der Waals surface area contributed by atoms with Gasteiger partial charge >= 0.3 is 0 Å². The summed E-state index contributed by atoms with van der Waals surface area (Å²) in [7, 11) is 0. The highest BCUT2D eigenvalue weighted by molar-refractivity contribution is 5.23. The third kappa shape index (κ3) is 2.75. The van der Waals surface area contributed by atoms with Crippen molar-refractivity contribution >= 4 is 0 Å². The summed E-state index contributed by atoms with van der Waals surface area (Å²) in [6, 6.07) is 0. The highest BCUT2D eigenvalue weighted by Gasteiger charge is 2.59. The zero-order valence-corrected chi connectivity index (χ0v) is 17.9. The van der Waals surface area contributed by atoms with Crippen LogP contribution in [-0.2, 0) is 4.74 Å². The Bertz CT molecular complexity index is 536. The summed E-state index contributed by atoms with van der Waals surface area (Å²) in [5, 5.41) is 0. The summed E-state index contributed by atoms with van der Waals surface area (Å²) in [6.45, 7) is 11.5. The van der Waals surface area contributed by atoms with Gasteiger partial charge in [-0.05, 0) is 118 Å². The maximum atomic E-state index is 5.81. The predicted molar refractivity (Wildman–Crippen MR) is 110 cm³/mol. The van der Waals surface area contributed by atoms with Crippen molar-refractivity contribution in [1.29, 1.82) is 0 Å². The average molecular weight is 359 g/mol. The van der Waals surface area contributed by atoms with Crippen LogP contribution in [-0.4, -0.2) is 13.2 Å². The first-order valence-electron chi connectivity index (χ1n) is 11.8. The minimum Gasteiger partial charge on any atom is -0.381 e. The Morgan fingerprint density at radius 3 is 2.62 bits per heavy atom. The topological polar surface area (TPSA) is 9.23 Å². The minimum absolute atomic E-state index is 0.545. The molecule has 1 heteroatoms. The molecular formula is C25H42O. The molecule has 4 aliphatic carbocycles. The monoisotopic (exact) mass is 358 g/mol. The van der Waals surface area contributed by atoms with Crippen molar-refractivity contribution in [2.24, 2.45) is 40.4 Å². The van der Waals surface area contributed by atoms with Crippen LogP contribution in [0.1, 0.15) is 91.9 Å². The molecule has 4 rings (SSSR count). The first kappa shape index (κ1) is 19.0. The Kier molecular flexibility index (Phi) is 5.32. The standard InChI is InChI=1S/C25H42O/c1-5-19-9-11-22-21-10-8-20-16-18(17-26-7-3)12-15-25(20,6-2)23(21)13-14-24(19,22)4/h5,18,20-23H,6-17H2,1-4H3/b19-5+/t18-,20-,21-,22?,23?,24+,25-/m0/s1. The number of rotatable bonds is 4. The molecule has 0 saturated heterocycles. The van der Waals surface area contributed by atoms with Crippen molar-refractivity contribution in [3.63, 3.8) is 0 Å². The number of allylic oxidation sites excluding steroid dienone is 2. The van der Waals surface area contributed by atoms with E-state index in [0.29, 0.717) is 10.8 Å². The van der Waals surface area contributed by atoms with Crippen molar-refractivity contribution in [3.05, 3.63) is 11.6 Å². The van der Waals surface area contributed by atoms with Crippen LogP contribution in [0.5, 0.6) is 0 Å². The van der Waals surface area contributed by atoms with Gasteiger partial charge in [-0.15, -0.1) is 0 Å². The zero-order chi connectivity index (χ0) is 18.4. The second kappa shape index (κ2) is 7.26. The second-order valence-corrected chi connectivity index (χ2v) is 10.3. The lowest BCUT2D eigenvalue weighted by molar-refractivity contribution is -0.123. The average Bonchev–Trinajstić information content (AvgIpc) is 3.02. The van der Waals surface area contributed by atoms with Gasteiger partial charge < -0.3 is 4.74 Å². The Morgan fingerprint density at radius 1 is 1.04 bits per heavy atom. The molecule has 0 aromatic heterocycles. The molecule has 0 aromatic carbocycles. The van der Waals surface area contributed by atoms with Gasteiger partial charge in [0.05, 0.1) is 0 Å². The SMILES string of the molecule is C/C=C1\CCC2[C@@H]3CC[C@H]4C[C@@H](COCC)CC[C@]4(CC)C3CC[C@]12C. The third-order valence-corrected chi connectivity index (χ3v) is 9.89. The normalized spacial score (nSPS) is 49.5. The molecule has 0 bridgehead atoms. The summed E-state index contributed by atoms with van der Waals surface area (Å²) < 4.78 is 5.81. The largest absolute Gasteiger partial charge is 0.381 e. The molecule has 0 spiro atoms. The van der Waals surface area contributed by atoms with Crippen LogP contribution in [0, 0.1) is 40.4 Å². The van der Waals surface area contributed by atoms with E-state index in [0.717, 1.165) is 42.8 Å². The molecule has 0 amide bonds. The van der Waals surface area contributed by atoms with Gasteiger partial charge in [-0.3, -0.25) is 0 Å². The lowest BCUT2D eigenvalue weighted by Gasteiger charge is -2.62. The van der Waals surface area contributed by atoms with Gasteiger partial charge in [-0.2, -0.15) is 0 Å².